The van der Waals surface area contributed by atoms with Gasteiger partial charge in [-0.15, -0.1) is 0 Å². The fourth-order valence-electron chi connectivity index (χ4n) is 1.84. The molecule has 0 bridgehead atoms. The molecule has 1 N–H and O–H groups in total. The molecule has 1 atom stereocenters. The summed E-state index contributed by atoms with van der Waals surface area (Å²) in [5.74, 6) is -0.319. The number of carbonyl (C=O) groups excluding carboxylic acids is 1. The largest absolute Gasteiger partial charge is 0.350 e. The Labute approximate surface area is 127 Å². The van der Waals surface area contributed by atoms with Crippen molar-refractivity contribution in [1.29, 1.82) is 0 Å². The molecule has 0 radical (unpaired) electrons. The van der Waals surface area contributed by atoms with Crippen LogP contribution >= 0.6 is 0 Å². The van der Waals surface area contributed by atoms with Crippen LogP contribution in [0.25, 0.3) is 0 Å². The zero-order valence-electron chi connectivity index (χ0n) is 13.3. The number of sulfonamides is 1. The minimum Gasteiger partial charge on any atom is -0.350 e. The van der Waals surface area contributed by atoms with E-state index in [1.54, 1.807) is 24.3 Å². The Kier molecular flexibility index (Phi) is 5.53. The molecule has 0 saturated carbocycles. The number of nitrogens with zero attached hydrogens (tertiary/aromatic N) is 1. The SMILES string of the molecule is CCC(C)(C)NC(=O)C(c1ccccc1)N(C)S(C)(=O)=O. The molecule has 0 aliphatic heterocycles. The molecular formula is C15H24N2O3S. The predicted molar refractivity (Wildman–Crippen MR) is 84.3 cm³/mol. The maximum Gasteiger partial charge on any atom is 0.243 e. The lowest BCUT2D eigenvalue weighted by Crippen LogP contribution is -2.49. The number of nitrogens with one attached hydrogen (secondary N) is 1. The summed E-state index contributed by atoms with van der Waals surface area (Å²) in [7, 11) is -2.06. The van der Waals surface area contributed by atoms with Gasteiger partial charge in [-0.05, 0) is 25.8 Å². The van der Waals surface area contributed by atoms with Gasteiger partial charge in [0, 0.05) is 12.6 Å². The Balaban J connectivity index is 3.18. The van der Waals surface area contributed by atoms with E-state index in [1.165, 1.54) is 7.05 Å². The first-order valence-electron chi connectivity index (χ1n) is 6.88. The fourth-order valence-corrected chi connectivity index (χ4v) is 2.44. The number of amides is 1. The fraction of sp³-hybridized carbons (Fsp3) is 0.533. The van der Waals surface area contributed by atoms with Gasteiger partial charge in [-0.25, -0.2) is 8.42 Å². The lowest BCUT2D eigenvalue weighted by atomic mass is 9.99. The van der Waals surface area contributed by atoms with Gasteiger partial charge in [0.15, 0.2) is 0 Å². The zero-order valence-corrected chi connectivity index (χ0v) is 14.1. The van der Waals surface area contributed by atoms with Crippen LogP contribution in [0.4, 0.5) is 0 Å². The first-order chi connectivity index (χ1) is 9.58. The standard InChI is InChI=1S/C15H24N2O3S/c1-6-15(2,3)16-14(18)13(17(4)21(5,19)20)12-10-8-7-9-11-12/h7-11,13H,6H2,1-5H3,(H,16,18). The molecule has 0 saturated heterocycles. The minimum atomic E-state index is -3.49. The molecule has 0 aromatic heterocycles. The van der Waals surface area contributed by atoms with Gasteiger partial charge in [0.05, 0.1) is 6.26 Å². The summed E-state index contributed by atoms with van der Waals surface area (Å²) in [4.78, 5) is 12.6. The van der Waals surface area contributed by atoms with Crippen LogP contribution in [0.2, 0.25) is 0 Å². The van der Waals surface area contributed by atoms with E-state index >= 15 is 0 Å². The third-order valence-corrected chi connectivity index (χ3v) is 4.85. The molecule has 1 aromatic carbocycles. The molecule has 118 valence electrons. The average Bonchev–Trinajstić information content (AvgIpc) is 2.38. The van der Waals surface area contributed by atoms with Crippen molar-refractivity contribution in [2.24, 2.45) is 0 Å². The van der Waals surface area contributed by atoms with Crippen molar-refractivity contribution in [3.63, 3.8) is 0 Å². The molecule has 0 aliphatic carbocycles. The number of hydrogen-bond donors (Lipinski definition) is 1. The second kappa shape index (κ2) is 6.58. The van der Waals surface area contributed by atoms with E-state index < -0.39 is 16.1 Å². The number of likely N-dealkylation sites (N-methyl/N-ethyl adjacent to an activating group) is 1. The molecule has 21 heavy (non-hydrogen) atoms. The topological polar surface area (TPSA) is 66.5 Å². The zero-order chi connectivity index (χ0) is 16.3. The third kappa shape index (κ3) is 4.82. The molecule has 1 aromatic rings. The molecule has 1 rings (SSSR count). The molecule has 0 heterocycles. The van der Waals surface area contributed by atoms with Crippen LogP contribution in [-0.4, -0.2) is 37.5 Å². The van der Waals surface area contributed by atoms with Crippen molar-refractivity contribution in [3.05, 3.63) is 35.9 Å². The van der Waals surface area contributed by atoms with Gasteiger partial charge in [0.1, 0.15) is 6.04 Å². The first kappa shape index (κ1) is 17.7. The van der Waals surface area contributed by atoms with E-state index in [0.717, 1.165) is 17.0 Å². The number of rotatable bonds is 6. The van der Waals surface area contributed by atoms with Crippen LogP contribution in [0.5, 0.6) is 0 Å². The van der Waals surface area contributed by atoms with Crippen molar-refractivity contribution in [2.45, 2.75) is 38.8 Å². The molecule has 0 fully saturated rings. The molecule has 5 nitrogen and oxygen atoms in total. The molecule has 0 aliphatic rings. The monoisotopic (exact) mass is 312 g/mol. The highest BCUT2D eigenvalue weighted by atomic mass is 32.2. The smallest absolute Gasteiger partial charge is 0.243 e. The molecule has 6 heteroatoms. The second-order valence-electron chi connectivity index (χ2n) is 5.82. The Morgan fingerprint density at radius 1 is 1.29 bits per heavy atom. The summed E-state index contributed by atoms with van der Waals surface area (Å²) in [6, 6.07) is 8.05. The van der Waals surface area contributed by atoms with Crippen LogP contribution in [0.1, 0.15) is 38.8 Å². The Morgan fingerprint density at radius 3 is 2.24 bits per heavy atom. The lowest BCUT2D eigenvalue weighted by molar-refractivity contribution is -0.126. The number of carbonyl (C=O) groups is 1. The highest BCUT2D eigenvalue weighted by molar-refractivity contribution is 7.88. The molecular weight excluding hydrogens is 288 g/mol. The Hall–Kier alpha value is -1.40. The average molecular weight is 312 g/mol. The van der Waals surface area contributed by atoms with E-state index in [4.69, 9.17) is 0 Å². The summed E-state index contributed by atoms with van der Waals surface area (Å²) < 4.78 is 24.8. The quantitative estimate of drug-likeness (QED) is 0.873. The normalized spacial score (nSPS) is 14.0. The van der Waals surface area contributed by atoms with Crippen molar-refractivity contribution < 1.29 is 13.2 Å². The van der Waals surface area contributed by atoms with Gasteiger partial charge < -0.3 is 5.32 Å². The summed E-state index contributed by atoms with van der Waals surface area (Å²) in [5, 5.41) is 2.91. The van der Waals surface area contributed by atoms with Gasteiger partial charge in [-0.3, -0.25) is 4.79 Å². The molecule has 1 amide bonds. The van der Waals surface area contributed by atoms with Crippen molar-refractivity contribution in [1.82, 2.24) is 9.62 Å². The van der Waals surface area contributed by atoms with E-state index in [1.807, 2.05) is 26.8 Å². The van der Waals surface area contributed by atoms with Crippen LogP contribution in [0, 0.1) is 0 Å². The lowest BCUT2D eigenvalue weighted by Gasteiger charge is -2.31. The minimum absolute atomic E-state index is 0.319. The van der Waals surface area contributed by atoms with Gasteiger partial charge in [0.2, 0.25) is 15.9 Å². The summed E-state index contributed by atoms with van der Waals surface area (Å²) in [6.07, 6.45) is 1.85. The van der Waals surface area contributed by atoms with Crippen molar-refractivity contribution in [2.75, 3.05) is 13.3 Å². The van der Waals surface area contributed by atoms with E-state index in [-0.39, 0.29) is 11.4 Å². The maximum atomic E-state index is 12.6. The van der Waals surface area contributed by atoms with Crippen LogP contribution in [0.15, 0.2) is 30.3 Å². The van der Waals surface area contributed by atoms with Gasteiger partial charge in [-0.1, -0.05) is 37.3 Å². The van der Waals surface area contributed by atoms with Crippen LogP contribution in [0.3, 0.4) is 0 Å². The van der Waals surface area contributed by atoms with Crippen LogP contribution < -0.4 is 5.32 Å². The number of benzene rings is 1. The number of hydrogen-bond acceptors (Lipinski definition) is 3. The van der Waals surface area contributed by atoms with Gasteiger partial charge in [-0.2, -0.15) is 4.31 Å². The third-order valence-electron chi connectivity index (χ3n) is 3.60. The van der Waals surface area contributed by atoms with Crippen molar-refractivity contribution >= 4 is 15.9 Å². The predicted octanol–water partition coefficient (Wildman–Crippen LogP) is 1.92. The van der Waals surface area contributed by atoms with E-state index in [2.05, 4.69) is 5.32 Å². The van der Waals surface area contributed by atoms with Crippen molar-refractivity contribution in [3.8, 4) is 0 Å². The second-order valence-corrected chi connectivity index (χ2v) is 7.86. The summed E-state index contributed by atoms with van der Waals surface area (Å²) >= 11 is 0. The summed E-state index contributed by atoms with van der Waals surface area (Å²) in [5.41, 5.74) is 0.262. The Bertz CT molecular complexity index is 582. The highest BCUT2D eigenvalue weighted by Crippen LogP contribution is 2.23. The Morgan fingerprint density at radius 2 is 1.81 bits per heavy atom. The van der Waals surface area contributed by atoms with E-state index in [9.17, 15) is 13.2 Å². The molecule has 0 spiro atoms. The van der Waals surface area contributed by atoms with Crippen LogP contribution in [-0.2, 0) is 14.8 Å². The first-order valence-corrected chi connectivity index (χ1v) is 8.73. The maximum absolute atomic E-state index is 12.6. The van der Waals surface area contributed by atoms with Gasteiger partial charge >= 0.3 is 0 Å². The van der Waals surface area contributed by atoms with Gasteiger partial charge in [0.25, 0.3) is 0 Å². The highest BCUT2D eigenvalue weighted by Gasteiger charge is 2.33. The summed E-state index contributed by atoms with van der Waals surface area (Å²) in [6.45, 7) is 5.79. The molecule has 1 unspecified atom stereocenters. The van der Waals surface area contributed by atoms with E-state index in [0.29, 0.717) is 5.56 Å².